The Kier molecular flexibility index (Phi) is 5.17. The van der Waals surface area contributed by atoms with Crippen LogP contribution in [0.3, 0.4) is 0 Å². The van der Waals surface area contributed by atoms with Crippen molar-refractivity contribution in [3.63, 3.8) is 0 Å². The van der Waals surface area contributed by atoms with E-state index >= 15 is 0 Å². The smallest absolute Gasteiger partial charge is 0.170 e. The minimum Gasteiger partial charge on any atom is -0.496 e. The van der Waals surface area contributed by atoms with Gasteiger partial charge in [-0.25, -0.2) is 0 Å². The monoisotopic (exact) mass is 295 g/mol. The molecule has 3 nitrogen and oxygen atoms in total. The average Bonchev–Trinajstić information content (AvgIpc) is 2.35. The second-order valence-electron chi connectivity index (χ2n) is 3.68. The highest BCUT2D eigenvalue weighted by Crippen LogP contribution is 2.27. The highest BCUT2D eigenvalue weighted by Gasteiger charge is 2.21. The number of halogens is 1. The number of carbonyl (C=O) groups is 1. The molecule has 0 fully saturated rings. The van der Waals surface area contributed by atoms with E-state index in [1.165, 1.54) is 7.11 Å². The summed E-state index contributed by atoms with van der Waals surface area (Å²) in [5.74, 6) is 0.255. The predicted molar refractivity (Wildman–Crippen MR) is 69.0 cm³/mol. The van der Waals surface area contributed by atoms with Gasteiger partial charge in [0.25, 0.3) is 0 Å². The van der Waals surface area contributed by atoms with Crippen LogP contribution >= 0.6 is 15.9 Å². The fourth-order valence-electron chi connectivity index (χ4n) is 1.63. The van der Waals surface area contributed by atoms with Crippen LogP contribution in [0.2, 0.25) is 0 Å². The van der Waals surface area contributed by atoms with Gasteiger partial charge in [-0.3, -0.25) is 4.79 Å². The highest BCUT2D eigenvalue weighted by atomic mass is 79.9. The molecular formula is C13H14BrNO2. The van der Waals surface area contributed by atoms with Crippen molar-refractivity contribution in [3.05, 3.63) is 28.2 Å². The van der Waals surface area contributed by atoms with Crippen molar-refractivity contribution in [2.24, 2.45) is 5.92 Å². The van der Waals surface area contributed by atoms with E-state index < -0.39 is 0 Å². The number of ketones is 1. The van der Waals surface area contributed by atoms with Crippen LogP contribution in [-0.4, -0.2) is 12.9 Å². The average molecular weight is 296 g/mol. The normalized spacial score (nSPS) is 11.6. The molecule has 0 saturated carbocycles. The summed E-state index contributed by atoms with van der Waals surface area (Å²) >= 11 is 3.33. The lowest BCUT2D eigenvalue weighted by atomic mass is 9.92. The summed E-state index contributed by atoms with van der Waals surface area (Å²) in [6, 6.07) is 7.35. The molecule has 0 amide bonds. The first-order valence-corrected chi connectivity index (χ1v) is 6.18. The Morgan fingerprint density at radius 1 is 1.59 bits per heavy atom. The quantitative estimate of drug-likeness (QED) is 0.780. The molecule has 1 aromatic carbocycles. The molecule has 0 radical (unpaired) electrons. The Labute approximate surface area is 110 Å². The number of hydrogen-bond donors (Lipinski definition) is 0. The first-order chi connectivity index (χ1) is 8.13. The van der Waals surface area contributed by atoms with E-state index in [9.17, 15) is 4.79 Å². The van der Waals surface area contributed by atoms with Crippen molar-refractivity contribution >= 4 is 21.7 Å². The maximum atomic E-state index is 12.2. The molecule has 0 spiro atoms. The summed E-state index contributed by atoms with van der Waals surface area (Å²) in [7, 11) is 1.53. The molecule has 4 heteroatoms. The van der Waals surface area contributed by atoms with Gasteiger partial charge in [-0.15, -0.1) is 0 Å². The van der Waals surface area contributed by atoms with E-state index in [1.807, 2.05) is 19.1 Å². The number of carbonyl (C=O) groups excluding carboxylic acids is 1. The van der Waals surface area contributed by atoms with Crippen LogP contribution in [0.4, 0.5) is 0 Å². The van der Waals surface area contributed by atoms with Gasteiger partial charge in [0.15, 0.2) is 5.78 Å². The summed E-state index contributed by atoms with van der Waals surface area (Å²) in [6.45, 7) is 1.91. The molecule has 0 N–H and O–H groups in total. The number of ether oxygens (including phenoxy) is 1. The zero-order chi connectivity index (χ0) is 12.8. The molecule has 1 unspecified atom stereocenters. The molecule has 1 aromatic rings. The van der Waals surface area contributed by atoms with Crippen LogP contribution in [0.25, 0.3) is 0 Å². The lowest BCUT2D eigenvalue weighted by Crippen LogP contribution is -2.14. The molecule has 90 valence electrons. The third-order valence-electron chi connectivity index (χ3n) is 2.63. The molecule has 0 bridgehead atoms. The Morgan fingerprint density at radius 3 is 2.82 bits per heavy atom. The van der Waals surface area contributed by atoms with Crippen molar-refractivity contribution in [3.8, 4) is 11.8 Å². The van der Waals surface area contributed by atoms with E-state index in [4.69, 9.17) is 10.00 Å². The lowest BCUT2D eigenvalue weighted by Gasteiger charge is -2.13. The van der Waals surface area contributed by atoms with Gasteiger partial charge >= 0.3 is 0 Å². The van der Waals surface area contributed by atoms with E-state index in [2.05, 4.69) is 15.9 Å². The van der Waals surface area contributed by atoms with Gasteiger partial charge in [0.05, 0.1) is 18.7 Å². The van der Waals surface area contributed by atoms with Gasteiger partial charge in [0.1, 0.15) is 5.75 Å². The van der Waals surface area contributed by atoms with Gasteiger partial charge in [0, 0.05) is 16.8 Å². The van der Waals surface area contributed by atoms with Crippen molar-refractivity contribution in [1.29, 1.82) is 5.26 Å². The fraction of sp³-hybridized carbons (Fsp3) is 0.385. The van der Waals surface area contributed by atoms with Gasteiger partial charge in [-0.05, 0) is 24.6 Å². The largest absolute Gasteiger partial charge is 0.496 e. The Bertz CT molecular complexity index is 451. The first-order valence-electron chi connectivity index (χ1n) is 5.38. The molecule has 17 heavy (non-hydrogen) atoms. The summed E-state index contributed by atoms with van der Waals surface area (Å²) in [5.41, 5.74) is 0.531. The minimum atomic E-state index is -0.261. The minimum absolute atomic E-state index is 0.0350. The topological polar surface area (TPSA) is 50.1 Å². The van der Waals surface area contributed by atoms with Gasteiger partial charge in [0.2, 0.25) is 0 Å². The SMILES string of the molecule is CCC(CC#N)C(=O)c1cc(Br)ccc1OC. The summed E-state index contributed by atoms with van der Waals surface area (Å²) in [4.78, 5) is 12.2. The van der Waals surface area contributed by atoms with Crippen LogP contribution in [-0.2, 0) is 0 Å². The number of hydrogen-bond acceptors (Lipinski definition) is 3. The van der Waals surface area contributed by atoms with Crippen molar-refractivity contribution in [2.75, 3.05) is 7.11 Å². The van der Waals surface area contributed by atoms with Crippen molar-refractivity contribution < 1.29 is 9.53 Å². The molecule has 0 aliphatic rings. The number of methoxy groups -OCH3 is 1. The first kappa shape index (κ1) is 13.7. The van der Waals surface area contributed by atoms with Gasteiger partial charge < -0.3 is 4.74 Å². The van der Waals surface area contributed by atoms with Crippen molar-refractivity contribution in [1.82, 2.24) is 0 Å². The van der Waals surface area contributed by atoms with E-state index in [-0.39, 0.29) is 18.1 Å². The molecule has 0 aliphatic heterocycles. The molecule has 0 heterocycles. The maximum absolute atomic E-state index is 12.2. The van der Waals surface area contributed by atoms with Crippen LogP contribution in [0, 0.1) is 17.2 Å². The molecule has 0 saturated heterocycles. The third-order valence-corrected chi connectivity index (χ3v) is 3.12. The maximum Gasteiger partial charge on any atom is 0.170 e. The highest BCUT2D eigenvalue weighted by molar-refractivity contribution is 9.10. The summed E-state index contributed by atoms with van der Waals surface area (Å²) in [5, 5.41) is 8.70. The van der Waals surface area contributed by atoms with E-state index in [0.717, 1.165) is 4.47 Å². The second-order valence-corrected chi connectivity index (χ2v) is 4.59. The number of nitriles is 1. The lowest BCUT2D eigenvalue weighted by molar-refractivity contribution is 0.0915. The summed E-state index contributed by atoms with van der Waals surface area (Å²) < 4.78 is 6.00. The molecule has 1 rings (SSSR count). The standard InChI is InChI=1S/C13H14BrNO2/c1-3-9(6-7-15)13(16)11-8-10(14)4-5-12(11)17-2/h4-5,8-9H,3,6H2,1-2H3. The molecule has 0 aliphatic carbocycles. The predicted octanol–water partition coefficient (Wildman–Crippen LogP) is 3.58. The zero-order valence-electron chi connectivity index (χ0n) is 9.87. The Morgan fingerprint density at radius 2 is 2.29 bits per heavy atom. The van der Waals surface area contributed by atoms with Crippen LogP contribution in [0.15, 0.2) is 22.7 Å². The van der Waals surface area contributed by atoms with E-state index in [0.29, 0.717) is 17.7 Å². The number of nitrogens with zero attached hydrogens (tertiary/aromatic N) is 1. The van der Waals surface area contributed by atoms with Gasteiger partial charge in [-0.1, -0.05) is 22.9 Å². The van der Waals surface area contributed by atoms with Crippen LogP contribution in [0.5, 0.6) is 5.75 Å². The molecular weight excluding hydrogens is 282 g/mol. The number of Topliss-reactive ketones (excluding diaryl/α,β-unsaturated/α-hetero) is 1. The third kappa shape index (κ3) is 3.31. The van der Waals surface area contributed by atoms with E-state index in [1.54, 1.807) is 12.1 Å². The zero-order valence-corrected chi connectivity index (χ0v) is 11.5. The van der Waals surface area contributed by atoms with Crippen molar-refractivity contribution in [2.45, 2.75) is 19.8 Å². The number of benzene rings is 1. The Balaban J connectivity index is 3.10. The molecule has 1 atom stereocenters. The second kappa shape index (κ2) is 6.41. The van der Waals surface area contributed by atoms with Crippen LogP contribution < -0.4 is 4.74 Å². The Hall–Kier alpha value is -1.34. The van der Waals surface area contributed by atoms with Crippen LogP contribution in [0.1, 0.15) is 30.1 Å². The molecule has 0 aromatic heterocycles. The fourth-order valence-corrected chi connectivity index (χ4v) is 1.99. The number of rotatable bonds is 5. The summed E-state index contributed by atoms with van der Waals surface area (Å²) in [6.07, 6.45) is 0.896. The van der Waals surface area contributed by atoms with Gasteiger partial charge in [-0.2, -0.15) is 5.26 Å².